The summed E-state index contributed by atoms with van der Waals surface area (Å²) in [5.74, 6) is 0.396. The second-order valence-electron chi connectivity index (χ2n) is 6.25. The zero-order chi connectivity index (χ0) is 15.6. The van der Waals surface area contributed by atoms with Crippen LogP contribution in [0.5, 0.6) is 5.75 Å². The number of carbonyl (C=O) groups is 2. The minimum absolute atomic E-state index is 0.0201. The van der Waals surface area contributed by atoms with Gasteiger partial charge in [-0.15, -0.1) is 0 Å². The predicted molar refractivity (Wildman–Crippen MR) is 80.2 cm³/mol. The number of rotatable bonds is 5. The molecule has 118 valence electrons. The molecule has 1 atom stereocenters. The highest BCUT2D eigenvalue weighted by Gasteiger charge is 2.52. The lowest BCUT2D eigenvalue weighted by molar-refractivity contribution is -0.143. The summed E-state index contributed by atoms with van der Waals surface area (Å²) in [5, 5.41) is 10.1. The Morgan fingerprint density at radius 1 is 1.18 bits per heavy atom. The number of ether oxygens (including phenoxy) is 1. The van der Waals surface area contributed by atoms with E-state index in [9.17, 15) is 14.7 Å². The molecule has 2 amide bonds. The molecule has 22 heavy (non-hydrogen) atoms. The Balaban J connectivity index is 1.56. The molecule has 1 heterocycles. The molecule has 1 saturated carbocycles. The number of aliphatic hydroxyl groups excluding tert-OH is 1. The Hall–Kier alpha value is -1.88. The Morgan fingerprint density at radius 2 is 1.86 bits per heavy atom. The average molecular weight is 303 g/mol. The van der Waals surface area contributed by atoms with Crippen molar-refractivity contribution in [2.45, 2.75) is 38.2 Å². The molecule has 5 nitrogen and oxygen atoms in total. The van der Waals surface area contributed by atoms with Gasteiger partial charge in [-0.25, -0.2) is 0 Å². The van der Waals surface area contributed by atoms with Gasteiger partial charge in [0.25, 0.3) is 0 Å². The van der Waals surface area contributed by atoms with Crippen LogP contribution in [0.4, 0.5) is 0 Å². The summed E-state index contributed by atoms with van der Waals surface area (Å²) >= 11 is 0. The molecule has 2 fully saturated rings. The van der Waals surface area contributed by atoms with Crippen molar-refractivity contribution in [2.24, 2.45) is 5.41 Å². The van der Waals surface area contributed by atoms with Crippen LogP contribution in [0, 0.1) is 5.41 Å². The van der Waals surface area contributed by atoms with Gasteiger partial charge in [-0.05, 0) is 25.0 Å². The SMILES string of the molecule is O=C1CC2(CCCC2)C(=O)N1CC(O)COc1ccccc1. The molecule has 1 spiro atoms. The van der Waals surface area contributed by atoms with E-state index in [4.69, 9.17) is 4.74 Å². The Bertz CT molecular complexity index is 551. The minimum Gasteiger partial charge on any atom is -0.491 e. The highest BCUT2D eigenvalue weighted by molar-refractivity contribution is 6.06. The van der Waals surface area contributed by atoms with Gasteiger partial charge in [-0.2, -0.15) is 0 Å². The zero-order valence-electron chi connectivity index (χ0n) is 12.5. The van der Waals surface area contributed by atoms with Crippen molar-refractivity contribution in [1.82, 2.24) is 4.90 Å². The van der Waals surface area contributed by atoms with Gasteiger partial charge in [0, 0.05) is 6.42 Å². The Labute approximate surface area is 129 Å². The van der Waals surface area contributed by atoms with Crippen molar-refractivity contribution < 1.29 is 19.4 Å². The van der Waals surface area contributed by atoms with Crippen LogP contribution in [0.1, 0.15) is 32.1 Å². The maximum atomic E-state index is 12.5. The third-order valence-electron chi connectivity index (χ3n) is 4.63. The van der Waals surface area contributed by atoms with E-state index in [2.05, 4.69) is 0 Å². The van der Waals surface area contributed by atoms with Gasteiger partial charge < -0.3 is 9.84 Å². The van der Waals surface area contributed by atoms with Crippen molar-refractivity contribution in [3.8, 4) is 5.75 Å². The van der Waals surface area contributed by atoms with E-state index in [1.54, 1.807) is 12.1 Å². The van der Waals surface area contributed by atoms with E-state index in [-0.39, 0.29) is 25.0 Å². The largest absolute Gasteiger partial charge is 0.491 e. The van der Waals surface area contributed by atoms with E-state index in [1.165, 1.54) is 4.90 Å². The zero-order valence-corrected chi connectivity index (χ0v) is 12.5. The van der Waals surface area contributed by atoms with Crippen LogP contribution < -0.4 is 4.74 Å². The number of hydrogen-bond acceptors (Lipinski definition) is 4. The molecule has 1 saturated heterocycles. The molecule has 0 aromatic heterocycles. The number of carbonyl (C=O) groups excluding carboxylic acids is 2. The van der Waals surface area contributed by atoms with E-state index in [0.29, 0.717) is 12.2 Å². The van der Waals surface area contributed by atoms with Gasteiger partial charge in [-0.3, -0.25) is 14.5 Å². The third kappa shape index (κ3) is 2.86. The fourth-order valence-corrected chi connectivity index (χ4v) is 3.46. The molecule has 0 radical (unpaired) electrons. The van der Waals surface area contributed by atoms with Crippen LogP contribution in [-0.4, -0.2) is 41.1 Å². The normalized spacial score (nSPS) is 21.6. The van der Waals surface area contributed by atoms with Gasteiger partial charge in [-0.1, -0.05) is 31.0 Å². The maximum absolute atomic E-state index is 12.5. The van der Waals surface area contributed by atoms with E-state index in [0.717, 1.165) is 25.7 Å². The summed E-state index contributed by atoms with van der Waals surface area (Å²) in [6.07, 6.45) is 3.04. The maximum Gasteiger partial charge on any atom is 0.235 e. The lowest BCUT2D eigenvalue weighted by Crippen LogP contribution is -2.41. The minimum atomic E-state index is -0.871. The molecule has 1 aromatic carbocycles. The number of nitrogens with zero attached hydrogens (tertiary/aromatic N) is 1. The summed E-state index contributed by atoms with van der Waals surface area (Å²) < 4.78 is 5.47. The van der Waals surface area contributed by atoms with Gasteiger partial charge in [0.2, 0.25) is 11.8 Å². The van der Waals surface area contributed by atoms with E-state index in [1.807, 2.05) is 18.2 Å². The van der Waals surface area contributed by atoms with Crippen LogP contribution in [-0.2, 0) is 9.59 Å². The molecule has 1 unspecified atom stereocenters. The van der Waals surface area contributed by atoms with E-state index >= 15 is 0 Å². The number of amides is 2. The summed E-state index contributed by atoms with van der Waals surface area (Å²) in [6.45, 7) is 0.0837. The second kappa shape index (κ2) is 6.08. The fourth-order valence-electron chi connectivity index (χ4n) is 3.46. The standard InChI is InChI=1S/C17H21NO4/c19-13(12-22-14-6-2-1-3-7-14)11-18-15(20)10-17(16(18)21)8-4-5-9-17/h1-3,6-7,13,19H,4-5,8-12H2. The Kier molecular flexibility index (Phi) is 4.16. The van der Waals surface area contributed by atoms with Crippen molar-refractivity contribution in [2.75, 3.05) is 13.2 Å². The number of para-hydroxylation sites is 1. The average Bonchev–Trinajstić information content (AvgIpc) is 3.08. The predicted octanol–water partition coefficient (Wildman–Crippen LogP) is 1.75. The molecular weight excluding hydrogens is 282 g/mol. The van der Waals surface area contributed by atoms with Crippen molar-refractivity contribution in [3.63, 3.8) is 0 Å². The summed E-state index contributed by atoms with van der Waals surface area (Å²) in [6, 6.07) is 9.17. The number of benzene rings is 1. The summed E-state index contributed by atoms with van der Waals surface area (Å²) in [5.41, 5.74) is -0.475. The quantitative estimate of drug-likeness (QED) is 0.842. The topological polar surface area (TPSA) is 66.8 Å². The first-order chi connectivity index (χ1) is 10.6. The third-order valence-corrected chi connectivity index (χ3v) is 4.63. The first kappa shape index (κ1) is 15.0. The first-order valence-electron chi connectivity index (χ1n) is 7.81. The smallest absolute Gasteiger partial charge is 0.235 e. The van der Waals surface area contributed by atoms with Crippen LogP contribution in [0.15, 0.2) is 30.3 Å². The number of aliphatic hydroxyl groups is 1. The molecule has 2 aliphatic rings. The highest BCUT2D eigenvalue weighted by Crippen LogP contribution is 2.46. The number of β-amino-alcohol motifs (C(OH)–C–C–N with tert-alkyl or cyclic N) is 1. The monoisotopic (exact) mass is 303 g/mol. The summed E-state index contributed by atoms with van der Waals surface area (Å²) in [4.78, 5) is 25.8. The van der Waals surface area contributed by atoms with Crippen molar-refractivity contribution in [1.29, 1.82) is 0 Å². The molecular formula is C17H21NO4. The van der Waals surface area contributed by atoms with Crippen LogP contribution >= 0.6 is 0 Å². The molecule has 1 N–H and O–H groups in total. The fraction of sp³-hybridized carbons (Fsp3) is 0.529. The lowest BCUT2D eigenvalue weighted by atomic mass is 9.84. The summed E-state index contributed by atoms with van der Waals surface area (Å²) in [7, 11) is 0. The molecule has 5 heteroatoms. The first-order valence-corrected chi connectivity index (χ1v) is 7.81. The van der Waals surface area contributed by atoms with Gasteiger partial charge in [0.05, 0.1) is 12.0 Å². The van der Waals surface area contributed by atoms with Crippen LogP contribution in [0.25, 0.3) is 0 Å². The Morgan fingerprint density at radius 3 is 2.55 bits per heavy atom. The van der Waals surface area contributed by atoms with Crippen LogP contribution in [0.2, 0.25) is 0 Å². The number of likely N-dealkylation sites (tertiary alicyclic amines) is 1. The van der Waals surface area contributed by atoms with E-state index < -0.39 is 11.5 Å². The lowest BCUT2D eigenvalue weighted by Gasteiger charge is -2.22. The highest BCUT2D eigenvalue weighted by atomic mass is 16.5. The van der Waals surface area contributed by atoms with Gasteiger partial charge >= 0.3 is 0 Å². The van der Waals surface area contributed by atoms with Crippen LogP contribution in [0.3, 0.4) is 0 Å². The number of imide groups is 1. The van der Waals surface area contributed by atoms with Crippen molar-refractivity contribution >= 4 is 11.8 Å². The van der Waals surface area contributed by atoms with Crippen molar-refractivity contribution in [3.05, 3.63) is 30.3 Å². The molecule has 3 rings (SSSR count). The van der Waals surface area contributed by atoms with Gasteiger partial charge in [0.1, 0.15) is 18.5 Å². The second-order valence-corrected chi connectivity index (χ2v) is 6.25. The number of hydrogen-bond donors (Lipinski definition) is 1. The molecule has 1 aromatic rings. The van der Waals surface area contributed by atoms with Gasteiger partial charge in [0.15, 0.2) is 0 Å². The molecule has 1 aliphatic carbocycles. The molecule has 0 bridgehead atoms. The molecule has 1 aliphatic heterocycles.